The molecule has 0 fully saturated rings. The van der Waals surface area contributed by atoms with Gasteiger partial charge in [0, 0.05) is 48.3 Å². The molecule has 5 nitrogen and oxygen atoms in total. The number of thiophene rings is 1. The molecule has 0 spiro atoms. The molecule has 4 rings (SSSR count). The summed E-state index contributed by atoms with van der Waals surface area (Å²) in [5.41, 5.74) is 2.56. The van der Waals surface area contributed by atoms with Crippen molar-refractivity contribution in [1.29, 1.82) is 0 Å². The highest BCUT2D eigenvalue weighted by atomic mass is 32.1. The van der Waals surface area contributed by atoms with E-state index in [-0.39, 0.29) is 0 Å². The first kappa shape index (κ1) is 16.6. The van der Waals surface area contributed by atoms with Crippen LogP contribution >= 0.6 is 23.6 Å². The van der Waals surface area contributed by atoms with Crippen LogP contribution in [0, 0.1) is 4.77 Å². The Bertz CT molecular complexity index is 925. The zero-order valence-electron chi connectivity index (χ0n) is 14.5. The maximum atomic E-state index is 5.66. The molecule has 4 heterocycles. The molecule has 2 atom stereocenters. The number of hydrogen-bond donors (Lipinski definition) is 1. The predicted octanol–water partition coefficient (Wildman–Crippen LogP) is 2.62. The van der Waals surface area contributed by atoms with Crippen molar-refractivity contribution in [2.75, 3.05) is 6.54 Å². The lowest BCUT2D eigenvalue weighted by Crippen LogP contribution is -3.12. The highest BCUT2D eigenvalue weighted by Crippen LogP contribution is 2.27. The summed E-state index contributed by atoms with van der Waals surface area (Å²) in [5, 5.41) is 7.04. The zero-order valence-corrected chi connectivity index (χ0v) is 16.1. The second-order valence-electron chi connectivity index (χ2n) is 6.48. The summed E-state index contributed by atoms with van der Waals surface area (Å²) in [4.78, 5) is 7.19. The normalized spacial score (nSPS) is 19.8. The maximum Gasteiger partial charge on any atom is 0.202 e. The molecule has 3 aromatic rings. The van der Waals surface area contributed by atoms with E-state index >= 15 is 0 Å². The number of hydrogen-bond acceptors (Lipinski definition) is 4. The number of nitrogens with zero attached hydrogens (tertiary/aromatic N) is 4. The van der Waals surface area contributed by atoms with Crippen LogP contribution in [0.15, 0.2) is 36.0 Å². The van der Waals surface area contributed by atoms with E-state index in [0.717, 1.165) is 42.2 Å². The second kappa shape index (κ2) is 6.82. The molecule has 1 N–H and O–H groups in total. The molecule has 130 valence electrons. The van der Waals surface area contributed by atoms with Crippen LogP contribution in [-0.4, -0.2) is 25.9 Å². The molecule has 0 aromatic carbocycles. The number of quaternary nitrogens is 1. The van der Waals surface area contributed by atoms with Crippen molar-refractivity contribution in [3.8, 4) is 11.4 Å². The van der Waals surface area contributed by atoms with Crippen molar-refractivity contribution in [1.82, 2.24) is 19.3 Å². The molecule has 0 saturated carbocycles. The molecule has 3 aromatic heterocycles. The zero-order chi connectivity index (χ0) is 17.4. The van der Waals surface area contributed by atoms with Crippen molar-refractivity contribution in [3.63, 3.8) is 0 Å². The van der Waals surface area contributed by atoms with Gasteiger partial charge >= 0.3 is 0 Å². The summed E-state index contributed by atoms with van der Waals surface area (Å²) in [6.45, 7) is 4.22. The van der Waals surface area contributed by atoms with Gasteiger partial charge in [-0.2, -0.15) is 4.68 Å². The van der Waals surface area contributed by atoms with Crippen LogP contribution in [0.1, 0.15) is 29.8 Å². The first-order chi connectivity index (χ1) is 12.2. The molecule has 1 aliphatic rings. The molecule has 7 heteroatoms. The van der Waals surface area contributed by atoms with E-state index in [1.54, 1.807) is 22.2 Å². The molecular weight excluding hydrogens is 350 g/mol. The van der Waals surface area contributed by atoms with Crippen LogP contribution in [0.2, 0.25) is 0 Å². The van der Waals surface area contributed by atoms with Crippen molar-refractivity contribution >= 4 is 23.6 Å². The van der Waals surface area contributed by atoms with Crippen LogP contribution in [0.3, 0.4) is 0 Å². The summed E-state index contributed by atoms with van der Waals surface area (Å²) < 4.78 is 4.75. The van der Waals surface area contributed by atoms with Gasteiger partial charge in [-0.05, 0) is 35.8 Å². The minimum Gasteiger partial charge on any atom is -0.310 e. The highest BCUT2D eigenvalue weighted by molar-refractivity contribution is 7.71. The molecule has 1 unspecified atom stereocenters. The van der Waals surface area contributed by atoms with Crippen molar-refractivity contribution in [2.45, 2.75) is 32.5 Å². The van der Waals surface area contributed by atoms with E-state index < -0.39 is 0 Å². The van der Waals surface area contributed by atoms with E-state index in [1.165, 1.54) is 5.56 Å². The Kier molecular flexibility index (Phi) is 4.54. The fourth-order valence-electron chi connectivity index (χ4n) is 3.77. The van der Waals surface area contributed by atoms with Gasteiger partial charge < -0.3 is 9.47 Å². The van der Waals surface area contributed by atoms with E-state index in [0.29, 0.717) is 6.04 Å². The Balaban J connectivity index is 1.65. The van der Waals surface area contributed by atoms with Gasteiger partial charge in [0.1, 0.15) is 6.04 Å². The van der Waals surface area contributed by atoms with Gasteiger partial charge in [-0.3, -0.25) is 4.98 Å². The summed E-state index contributed by atoms with van der Waals surface area (Å²) in [6, 6.07) is 6.78. The first-order valence-corrected chi connectivity index (χ1v) is 9.93. The number of fused-ring (bicyclic) bond motifs is 1. The Morgan fingerprint density at radius 3 is 2.88 bits per heavy atom. The Labute approximate surface area is 156 Å². The van der Waals surface area contributed by atoms with E-state index in [1.807, 2.05) is 39.8 Å². The van der Waals surface area contributed by atoms with Gasteiger partial charge in [0.25, 0.3) is 0 Å². The van der Waals surface area contributed by atoms with Gasteiger partial charge in [0.05, 0.1) is 6.54 Å². The highest BCUT2D eigenvalue weighted by Gasteiger charge is 2.31. The van der Waals surface area contributed by atoms with Crippen LogP contribution < -0.4 is 4.90 Å². The average Bonchev–Trinajstić information content (AvgIpc) is 3.22. The van der Waals surface area contributed by atoms with Gasteiger partial charge in [-0.1, -0.05) is 6.92 Å². The monoisotopic (exact) mass is 372 g/mol. The number of aromatic nitrogens is 4. The maximum absolute atomic E-state index is 5.66. The molecule has 0 bridgehead atoms. The third-order valence-electron chi connectivity index (χ3n) is 5.06. The van der Waals surface area contributed by atoms with Gasteiger partial charge in [-0.25, -0.2) is 0 Å². The lowest BCUT2D eigenvalue weighted by Gasteiger charge is -2.31. The summed E-state index contributed by atoms with van der Waals surface area (Å²) in [7, 11) is 1.99. The van der Waals surface area contributed by atoms with E-state index in [9.17, 15) is 0 Å². The molecule has 1 aliphatic heterocycles. The minimum atomic E-state index is 0.531. The Morgan fingerprint density at radius 2 is 2.12 bits per heavy atom. The van der Waals surface area contributed by atoms with Crippen LogP contribution in [0.25, 0.3) is 11.4 Å². The molecule has 0 aliphatic carbocycles. The molecule has 0 amide bonds. The fraction of sp³-hybridized carbons (Fsp3) is 0.389. The van der Waals surface area contributed by atoms with Gasteiger partial charge in [0.2, 0.25) is 4.77 Å². The number of pyridine rings is 1. The van der Waals surface area contributed by atoms with Gasteiger partial charge in [0.15, 0.2) is 12.5 Å². The minimum absolute atomic E-state index is 0.531. The second-order valence-corrected chi connectivity index (χ2v) is 7.84. The summed E-state index contributed by atoms with van der Waals surface area (Å²) in [5.74, 6) is 0.896. The van der Waals surface area contributed by atoms with Crippen LogP contribution in [0.4, 0.5) is 0 Å². The predicted molar refractivity (Wildman–Crippen MR) is 102 cm³/mol. The first-order valence-electron chi connectivity index (χ1n) is 8.64. The quantitative estimate of drug-likeness (QED) is 0.716. The summed E-state index contributed by atoms with van der Waals surface area (Å²) >= 11 is 7.55. The third-order valence-corrected chi connectivity index (χ3v) is 6.54. The van der Waals surface area contributed by atoms with E-state index in [2.05, 4.69) is 23.4 Å². The molecule has 0 radical (unpaired) electrons. The average molecular weight is 373 g/mol. The lowest BCUT2D eigenvalue weighted by atomic mass is 9.98. The number of nitrogens with one attached hydrogen (secondary N) is 1. The topological polar surface area (TPSA) is 40.1 Å². The SMILES string of the molecule is CC[C@@H]1c2ccsc2CC[NH+]1Cn1nc(-c2ccncc2)n(C)c1=S. The summed E-state index contributed by atoms with van der Waals surface area (Å²) in [6.07, 6.45) is 5.86. The van der Waals surface area contributed by atoms with E-state index in [4.69, 9.17) is 17.3 Å². The smallest absolute Gasteiger partial charge is 0.202 e. The molecule has 0 saturated heterocycles. The Morgan fingerprint density at radius 1 is 1.32 bits per heavy atom. The van der Waals surface area contributed by atoms with Crippen molar-refractivity contribution < 1.29 is 4.90 Å². The Hall–Kier alpha value is -1.83. The van der Waals surface area contributed by atoms with Gasteiger partial charge in [-0.15, -0.1) is 16.4 Å². The number of rotatable bonds is 4. The largest absolute Gasteiger partial charge is 0.310 e. The fourth-order valence-corrected chi connectivity index (χ4v) is 4.90. The van der Waals surface area contributed by atoms with Crippen molar-refractivity contribution in [2.24, 2.45) is 7.05 Å². The molecule has 25 heavy (non-hydrogen) atoms. The third kappa shape index (κ3) is 2.96. The van der Waals surface area contributed by atoms with Crippen LogP contribution in [-0.2, 0) is 20.1 Å². The van der Waals surface area contributed by atoms with Crippen molar-refractivity contribution in [3.05, 3.63) is 51.2 Å². The van der Waals surface area contributed by atoms with Crippen LogP contribution in [0.5, 0.6) is 0 Å². The molecular formula is C18H22N5S2+. The standard InChI is InChI=1S/C18H21N5S2/c1-3-15-14-7-11-25-16(14)6-10-22(15)12-23-18(24)21(2)17(20-23)13-4-8-19-9-5-13/h4-5,7-9,11,15H,3,6,10,12H2,1-2H3/p+1/t15-/m1/s1. The lowest BCUT2D eigenvalue weighted by molar-refractivity contribution is -0.956.